The van der Waals surface area contributed by atoms with E-state index in [1.165, 1.54) is 0 Å². The van der Waals surface area contributed by atoms with Gasteiger partial charge in [-0.25, -0.2) is 0 Å². The fraction of sp³-hybridized carbons (Fsp3) is 0.500. The zero-order chi connectivity index (χ0) is 14.3. The van der Waals surface area contributed by atoms with Crippen LogP contribution in [0.3, 0.4) is 0 Å². The zero-order valence-corrected chi connectivity index (χ0v) is 12.3. The number of sulfonamides is 1. The smallest absolute Gasteiger partial charge is 0.285 e. The third-order valence-electron chi connectivity index (χ3n) is 4.33. The Labute approximate surface area is 119 Å². The minimum Gasteiger partial charge on any atom is -0.355 e. The maximum Gasteiger partial charge on any atom is 0.285 e. The molecule has 0 saturated carbocycles. The van der Waals surface area contributed by atoms with Gasteiger partial charge in [0.05, 0.1) is 0 Å². The Morgan fingerprint density at radius 3 is 2.90 bits per heavy atom. The molecule has 0 bridgehead atoms. The van der Waals surface area contributed by atoms with E-state index in [9.17, 15) is 8.42 Å². The Balaban J connectivity index is 1.96. The van der Waals surface area contributed by atoms with Crippen LogP contribution >= 0.6 is 0 Å². The lowest BCUT2D eigenvalue weighted by Gasteiger charge is -2.37. The molecule has 0 aliphatic carbocycles. The van der Waals surface area contributed by atoms with Crippen molar-refractivity contribution in [3.63, 3.8) is 0 Å². The molecule has 6 heteroatoms. The average molecular weight is 293 g/mol. The van der Waals surface area contributed by atoms with Crippen LogP contribution in [0.1, 0.15) is 18.9 Å². The maximum absolute atomic E-state index is 12.1. The minimum atomic E-state index is -3.53. The summed E-state index contributed by atoms with van der Waals surface area (Å²) in [6.45, 7) is 4.44. The molecule has 5 nitrogen and oxygen atoms in total. The van der Waals surface area contributed by atoms with Gasteiger partial charge in [-0.3, -0.25) is 0 Å². The first kappa shape index (κ1) is 13.6. The highest BCUT2D eigenvalue weighted by Crippen LogP contribution is 2.30. The van der Waals surface area contributed by atoms with Crippen molar-refractivity contribution < 1.29 is 8.42 Å². The number of nitrogens with two attached hydrogens (primary N) is 1. The van der Waals surface area contributed by atoms with Crippen molar-refractivity contribution in [2.75, 3.05) is 19.6 Å². The SMILES string of the molecule is CC1CCN(C2=NS(=O)(=O)c3ccccc32)CC1CN. The van der Waals surface area contributed by atoms with E-state index in [1.807, 2.05) is 12.1 Å². The Kier molecular flexibility index (Phi) is 3.30. The Hall–Kier alpha value is -1.40. The number of nitrogens with zero attached hydrogens (tertiary/aromatic N) is 2. The highest BCUT2D eigenvalue weighted by atomic mass is 32.2. The summed E-state index contributed by atoms with van der Waals surface area (Å²) in [6, 6.07) is 7.03. The van der Waals surface area contributed by atoms with Gasteiger partial charge in [0.25, 0.3) is 10.0 Å². The van der Waals surface area contributed by atoms with E-state index < -0.39 is 10.0 Å². The summed E-state index contributed by atoms with van der Waals surface area (Å²) in [5, 5.41) is 0. The summed E-state index contributed by atoms with van der Waals surface area (Å²) < 4.78 is 28.1. The molecule has 1 fully saturated rings. The van der Waals surface area contributed by atoms with Crippen molar-refractivity contribution in [2.24, 2.45) is 22.0 Å². The third kappa shape index (κ3) is 2.13. The second-order valence-electron chi connectivity index (χ2n) is 5.59. The lowest BCUT2D eigenvalue weighted by molar-refractivity contribution is 0.196. The lowest BCUT2D eigenvalue weighted by Crippen LogP contribution is -2.45. The van der Waals surface area contributed by atoms with Crippen LogP contribution in [-0.4, -0.2) is 38.8 Å². The predicted molar refractivity (Wildman–Crippen MR) is 78.1 cm³/mol. The number of fused-ring (bicyclic) bond motifs is 1. The van der Waals surface area contributed by atoms with Gasteiger partial charge < -0.3 is 10.6 Å². The van der Waals surface area contributed by atoms with Gasteiger partial charge in [0.2, 0.25) is 0 Å². The monoisotopic (exact) mass is 293 g/mol. The van der Waals surface area contributed by atoms with Crippen LogP contribution in [-0.2, 0) is 10.0 Å². The fourth-order valence-corrected chi connectivity index (χ4v) is 4.19. The van der Waals surface area contributed by atoms with E-state index in [1.54, 1.807) is 12.1 Å². The van der Waals surface area contributed by atoms with Crippen molar-refractivity contribution >= 4 is 15.9 Å². The molecule has 0 radical (unpaired) electrons. The molecule has 108 valence electrons. The number of hydrogen-bond acceptors (Lipinski definition) is 4. The van der Waals surface area contributed by atoms with Crippen LogP contribution in [0.2, 0.25) is 0 Å². The van der Waals surface area contributed by atoms with E-state index >= 15 is 0 Å². The predicted octanol–water partition coefficient (Wildman–Crippen LogP) is 1.05. The van der Waals surface area contributed by atoms with Gasteiger partial charge in [-0.1, -0.05) is 19.1 Å². The Bertz CT molecular complexity index is 654. The molecule has 2 unspecified atom stereocenters. The summed E-state index contributed by atoms with van der Waals surface area (Å²) in [7, 11) is -3.53. The first-order valence-electron chi connectivity index (χ1n) is 6.92. The topological polar surface area (TPSA) is 75.8 Å². The molecular weight excluding hydrogens is 274 g/mol. The second-order valence-corrected chi connectivity index (χ2v) is 7.17. The first-order chi connectivity index (χ1) is 9.53. The van der Waals surface area contributed by atoms with Crippen molar-refractivity contribution in [1.29, 1.82) is 0 Å². The highest BCUT2D eigenvalue weighted by molar-refractivity contribution is 7.90. The van der Waals surface area contributed by atoms with Crippen LogP contribution in [0.4, 0.5) is 0 Å². The van der Waals surface area contributed by atoms with Crippen LogP contribution < -0.4 is 5.73 Å². The van der Waals surface area contributed by atoms with E-state index in [-0.39, 0.29) is 0 Å². The van der Waals surface area contributed by atoms with E-state index in [2.05, 4.69) is 16.2 Å². The number of piperidine rings is 1. The van der Waals surface area contributed by atoms with Crippen LogP contribution in [0, 0.1) is 11.8 Å². The molecule has 1 saturated heterocycles. The van der Waals surface area contributed by atoms with Crippen LogP contribution in [0.25, 0.3) is 0 Å². The van der Waals surface area contributed by atoms with Crippen LogP contribution in [0.15, 0.2) is 33.6 Å². The van der Waals surface area contributed by atoms with Crippen molar-refractivity contribution in [3.05, 3.63) is 29.8 Å². The molecule has 1 aromatic carbocycles. The largest absolute Gasteiger partial charge is 0.355 e. The lowest BCUT2D eigenvalue weighted by atomic mass is 9.87. The summed E-state index contributed by atoms with van der Waals surface area (Å²) >= 11 is 0. The molecule has 2 N–H and O–H groups in total. The number of hydrogen-bond donors (Lipinski definition) is 1. The van der Waals surface area contributed by atoms with E-state index in [0.29, 0.717) is 29.1 Å². The summed E-state index contributed by atoms with van der Waals surface area (Å²) in [5.74, 6) is 1.55. The molecule has 20 heavy (non-hydrogen) atoms. The first-order valence-corrected chi connectivity index (χ1v) is 8.36. The molecule has 2 atom stereocenters. The molecule has 2 aliphatic heterocycles. The van der Waals surface area contributed by atoms with Gasteiger partial charge in [-0.05, 0) is 36.9 Å². The quantitative estimate of drug-likeness (QED) is 0.840. The number of likely N-dealkylation sites (tertiary alicyclic amines) is 1. The molecule has 0 aromatic heterocycles. The Morgan fingerprint density at radius 1 is 1.40 bits per heavy atom. The maximum atomic E-state index is 12.1. The van der Waals surface area contributed by atoms with Crippen LogP contribution in [0.5, 0.6) is 0 Å². The van der Waals surface area contributed by atoms with Crippen molar-refractivity contribution in [2.45, 2.75) is 18.2 Å². The summed E-state index contributed by atoms with van der Waals surface area (Å²) in [5.41, 5.74) is 6.54. The van der Waals surface area contributed by atoms with E-state index in [4.69, 9.17) is 5.73 Å². The van der Waals surface area contributed by atoms with Gasteiger partial charge in [-0.15, -0.1) is 4.40 Å². The van der Waals surface area contributed by atoms with Gasteiger partial charge in [0, 0.05) is 18.7 Å². The summed E-state index contributed by atoms with van der Waals surface area (Å²) in [4.78, 5) is 2.39. The summed E-state index contributed by atoms with van der Waals surface area (Å²) in [6.07, 6.45) is 1.02. The highest BCUT2D eigenvalue weighted by Gasteiger charge is 2.34. The minimum absolute atomic E-state index is 0.318. The molecule has 0 amide bonds. The average Bonchev–Trinajstić information content (AvgIpc) is 2.72. The molecule has 0 spiro atoms. The zero-order valence-electron chi connectivity index (χ0n) is 11.5. The fourth-order valence-electron chi connectivity index (χ4n) is 2.97. The third-order valence-corrected chi connectivity index (χ3v) is 5.65. The number of benzene rings is 1. The molecule has 1 aromatic rings. The van der Waals surface area contributed by atoms with Gasteiger partial charge in [0.1, 0.15) is 4.90 Å². The van der Waals surface area contributed by atoms with Gasteiger partial charge in [-0.2, -0.15) is 8.42 Å². The van der Waals surface area contributed by atoms with E-state index in [0.717, 1.165) is 25.1 Å². The number of rotatable bonds is 1. The number of amidine groups is 1. The molecule has 2 heterocycles. The van der Waals surface area contributed by atoms with Gasteiger partial charge in [0.15, 0.2) is 5.84 Å². The molecular formula is C14H19N3O2S. The second kappa shape index (κ2) is 4.86. The Morgan fingerprint density at radius 2 is 2.15 bits per heavy atom. The molecule has 2 aliphatic rings. The normalized spacial score (nSPS) is 28.1. The standard InChI is InChI=1S/C14H19N3O2S/c1-10-6-7-17(9-11(10)8-15)14-12-4-2-3-5-13(12)20(18,19)16-14/h2-5,10-11H,6-9,15H2,1H3. The van der Waals surface area contributed by atoms with Crippen molar-refractivity contribution in [1.82, 2.24) is 4.90 Å². The van der Waals surface area contributed by atoms with Crippen molar-refractivity contribution in [3.8, 4) is 0 Å². The van der Waals surface area contributed by atoms with Gasteiger partial charge >= 0.3 is 0 Å². The molecule has 3 rings (SSSR count).